The molecule has 0 amide bonds. The van der Waals surface area contributed by atoms with Crippen molar-refractivity contribution in [2.75, 3.05) is 27.7 Å². The fourth-order valence-corrected chi connectivity index (χ4v) is 3.22. The van der Waals surface area contributed by atoms with E-state index < -0.39 is 0 Å². The number of nitrogens with one attached hydrogen (secondary N) is 1. The summed E-state index contributed by atoms with van der Waals surface area (Å²) in [6, 6.07) is 3.79. The number of ether oxygens (including phenoxy) is 1. The highest BCUT2D eigenvalue weighted by atomic mass is 35.5. The summed E-state index contributed by atoms with van der Waals surface area (Å²) >= 11 is 7.93. The molecule has 98 valence electrons. The van der Waals surface area contributed by atoms with Crippen LogP contribution in [0.1, 0.15) is 11.4 Å². The van der Waals surface area contributed by atoms with Crippen molar-refractivity contribution in [1.29, 1.82) is 0 Å². The summed E-state index contributed by atoms with van der Waals surface area (Å²) in [5.74, 6) is 0.851. The zero-order chi connectivity index (χ0) is 13.1. The molecule has 3 nitrogen and oxygen atoms in total. The maximum absolute atomic E-state index is 6.21. The lowest BCUT2D eigenvalue weighted by molar-refractivity contribution is -0.351. The summed E-state index contributed by atoms with van der Waals surface area (Å²) in [5, 5.41) is 2.03. The molecule has 0 atom stereocenters. The number of fused-ring (bicyclic) bond motifs is 1. The summed E-state index contributed by atoms with van der Waals surface area (Å²) in [6.07, 6.45) is 2.17. The number of aryl methyl sites for hydroxylation is 1. The van der Waals surface area contributed by atoms with E-state index in [1.807, 2.05) is 12.1 Å². The number of hydrogen-bond acceptors (Lipinski definition) is 3. The van der Waals surface area contributed by atoms with Crippen molar-refractivity contribution in [3.63, 3.8) is 0 Å². The Labute approximate surface area is 116 Å². The van der Waals surface area contributed by atoms with Crippen LogP contribution in [-0.2, 0) is 6.42 Å². The van der Waals surface area contributed by atoms with Gasteiger partial charge < -0.3 is 9.64 Å². The van der Waals surface area contributed by atoms with Crippen molar-refractivity contribution >= 4 is 33.2 Å². The van der Waals surface area contributed by atoms with E-state index in [0.29, 0.717) is 0 Å². The van der Waals surface area contributed by atoms with Crippen LogP contribution in [0.2, 0.25) is 5.02 Å². The number of aromatic amines is 1. The summed E-state index contributed by atoms with van der Waals surface area (Å²) in [7, 11) is 5.86. The molecule has 0 saturated heterocycles. The molecule has 18 heavy (non-hydrogen) atoms. The number of H-pyrrole nitrogens is 1. The van der Waals surface area contributed by atoms with E-state index in [4.69, 9.17) is 16.3 Å². The predicted molar refractivity (Wildman–Crippen MR) is 76.8 cm³/mol. The Morgan fingerprint density at radius 2 is 2.17 bits per heavy atom. The minimum Gasteiger partial charge on any atom is -0.490 e. The monoisotopic (exact) mass is 285 g/mol. The SMILES string of the molecule is COc1ccc(Cl)c2sc(CCCN(C)C)[nH+]c12. The number of hydrogen-bond donors (Lipinski definition) is 0. The van der Waals surface area contributed by atoms with Crippen LogP contribution in [0.5, 0.6) is 5.75 Å². The van der Waals surface area contributed by atoms with Gasteiger partial charge in [0.25, 0.3) is 5.52 Å². The van der Waals surface area contributed by atoms with E-state index in [1.165, 1.54) is 5.01 Å². The maximum Gasteiger partial charge on any atom is 0.265 e. The molecule has 1 N–H and O–H groups in total. The van der Waals surface area contributed by atoms with Crippen molar-refractivity contribution in [3.05, 3.63) is 22.2 Å². The number of rotatable bonds is 5. The second-order valence-electron chi connectivity index (χ2n) is 4.51. The van der Waals surface area contributed by atoms with Gasteiger partial charge in [0, 0.05) is 6.42 Å². The van der Waals surface area contributed by atoms with E-state index in [0.717, 1.165) is 40.4 Å². The van der Waals surface area contributed by atoms with Gasteiger partial charge in [0.2, 0.25) is 5.01 Å². The Bertz CT molecular complexity index is 539. The number of nitrogens with zero attached hydrogens (tertiary/aromatic N) is 1. The number of thiazole rings is 1. The Morgan fingerprint density at radius 1 is 1.39 bits per heavy atom. The van der Waals surface area contributed by atoms with Crippen LogP contribution >= 0.6 is 22.9 Å². The second-order valence-corrected chi connectivity index (χ2v) is 6.02. The average Bonchev–Trinajstić information content (AvgIpc) is 2.74. The van der Waals surface area contributed by atoms with Gasteiger partial charge in [0.15, 0.2) is 5.75 Å². The van der Waals surface area contributed by atoms with Crippen molar-refractivity contribution in [2.24, 2.45) is 0 Å². The molecule has 0 saturated carbocycles. The van der Waals surface area contributed by atoms with Gasteiger partial charge in [-0.2, -0.15) is 4.98 Å². The van der Waals surface area contributed by atoms with Crippen LogP contribution < -0.4 is 9.72 Å². The third-order valence-electron chi connectivity index (χ3n) is 2.79. The number of benzene rings is 1. The standard InChI is InChI=1S/C13H17ClN2OS/c1-16(2)8-4-5-11-15-12-10(17-3)7-6-9(14)13(12)18-11/h6-7H,4-5,8H2,1-3H3/p+1. The largest absolute Gasteiger partial charge is 0.490 e. The summed E-state index contributed by atoms with van der Waals surface area (Å²) in [6.45, 7) is 1.09. The van der Waals surface area contributed by atoms with E-state index in [-0.39, 0.29) is 0 Å². The topological polar surface area (TPSA) is 26.6 Å². The number of methoxy groups -OCH3 is 1. The lowest BCUT2D eigenvalue weighted by Crippen LogP contribution is -2.15. The fraction of sp³-hybridized carbons (Fsp3) is 0.462. The molecule has 1 aromatic carbocycles. The van der Waals surface area contributed by atoms with E-state index in [2.05, 4.69) is 24.0 Å². The van der Waals surface area contributed by atoms with Crippen LogP contribution in [0.15, 0.2) is 12.1 Å². The summed E-state index contributed by atoms with van der Waals surface area (Å²) in [5.41, 5.74) is 1.01. The van der Waals surface area contributed by atoms with Crippen molar-refractivity contribution in [2.45, 2.75) is 12.8 Å². The molecule has 0 bridgehead atoms. The molecule has 0 fully saturated rings. The molecular formula is C13H18ClN2OS+. The van der Waals surface area contributed by atoms with Crippen LogP contribution in [0, 0.1) is 0 Å². The molecule has 0 radical (unpaired) electrons. The van der Waals surface area contributed by atoms with E-state index in [1.54, 1.807) is 18.4 Å². The summed E-state index contributed by atoms with van der Waals surface area (Å²) < 4.78 is 6.43. The number of halogens is 1. The van der Waals surface area contributed by atoms with Gasteiger partial charge in [-0.25, -0.2) is 0 Å². The normalized spacial score (nSPS) is 11.4. The van der Waals surface area contributed by atoms with Gasteiger partial charge in [-0.05, 0) is 39.2 Å². The lowest BCUT2D eigenvalue weighted by atomic mass is 10.3. The van der Waals surface area contributed by atoms with Crippen molar-refractivity contribution in [1.82, 2.24) is 4.90 Å². The zero-order valence-corrected chi connectivity index (χ0v) is 12.5. The maximum atomic E-state index is 6.21. The quantitative estimate of drug-likeness (QED) is 0.844. The van der Waals surface area contributed by atoms with Crippen LogP contribution in [0.3, 0.4) is 0 Å². The van der Waals surface area contributed by atoms with Crippen LogP contribution in [0.4, 0.5) is 0 Å². The van der Waals surface area contributed by atoms with Gasteiger partial charge in [0.1, 0.15) is 4.70 Å². The Hall–Kier alpha value is -0.840. The molecule has 0 unspecified atom stereocenters. The highest BCUT2D eigenvalue weighted by molar-refractivity contribution is 7.18. The first-order chi connectivity index (χ1) is 8.61. The first-order valence-corrected chi connectivity index (χ1v) is 7.13. The first kappa shape index (κ1) is 13.6. The molecule has 2 aromatic rings. The molecule has 1 aromatic heterocycles. The molecule has 0 spiro atoms. The smallest absolute Gasteiger partial charge is 0.265 e. The van der Waals surface area contributed by atoms with E-state index in [9.17, 15) is 0 Å². The average molecular weight is 286 g/mol. The molecule has 5 heteroatoms. The van der Waals surface area contributed by atoms with Gasteiger partial charge >= 0.3 is 0 Å². The first-order valence-electron chi connectivity index (χ1n) is 5.93. The van der Waals surface area contributed by atoms with Gasteiger partial charge in [-0.3, -0.25) is 0 Å². The molecule has 2 rings (SSSR count). The molecule has 0 aliphatic heterocycles. The second kappa shape index (κ2) is 5.87. The van der Waals surface area contributed by atoms with Crippen LogP contribution in [-0.4, -0.2) is 32.6 Å². The minimum atomic E-state index is 0.783. The molecular weight excluding hydrogens is 268 g/mol. The minimum absolute atomic E-state index is 0.783. The zero-order valence-electron chi connectivity index (χ0n) is 10.9. The third-order valence-corrected chi connectivity index (χ3v) is 4.40. The van der Waals surface area contributed by atoms with Crippen molar-refractivity contribution in [3.8, 4) is 5.75 Å². The Kier molecular flexibility index (Phi) is 4.43. The van der Waals surface area contributed by atoms with Gasteiger partial charge in [0.05, 0.1) is 12.1 Å². The number of aromatic nitrogens is 1. The molecule has 1 heterocycles. The molecule has 0 aliphatic rings. The Morgan fingerprint density at radius 3 is 2.83 bits per heavy atom. The van der Waals surface area contributed by atoms with E-state index >= 15 is 0 Å². The van der Waals surface area contributed by atoms with Crippen molar-refractivity contribution < 1.29 is 9.72 Å². The Balaban J connectivity index is 2.23. The predicted octanol–water partition coefficient (Wildman–Crippen LogP) is 2.87. The van der Waals surface area contributed by atoms with Gasteiger partial charge in [-0.15, -0.1) is 0 Å². The highest BCUT2D eigenvalue weighted by Crippen LogP contribution is 2.33. The lowest BCUT2D eigenvalue weighted by Gasteiger charge is -2.06. The molecule has 0 aliphatic carbocycles. The highest BCUT2D eigenvalue weighted by Gasteiger charge is 2.18. The fourth-order valence-electron chi connectivity index (χ4n) is 1.88. The summed E-state index contributed by atoms with van der Waals surface area (Å²) in [4.78, 5) is 5.62. The van der Waals surface area contributed by atoms with Gasteiger partial charge in [-0.1, -0.05) is 22.9 Å². The third kappa shape index (κ3) is 2.94. The van der Waals surface area contributed by atoms with Crippen LogP contribution in [0.25, 0.3) is 10.2 Å².